The first-order valence-electron chi connectivity index (χ1n) is 5.67. The van der Waals surface area contributed by atoms with E-state index in [1.54, 1.807) is 6.20 Å². The van der Waals surface area contributed by atoms with E-state index in [-0.39, 0.29) is 16.8 Å². The van der Waals surface area contributed by atoms with Crippen LogP contribution in [0.3, 0.4) is 0 Å². The van der Waals surface area contributed by atoms with Crippen LogP contribution in [-0.2, 0) is 0 Å². The third kappa shape index (κ3) is 3.42. The summed E-state index contributed by atoms with van der Waals surface area (Å²) >= 11 is 7.36. The molecule has 0 amide bonds. The second kappa shape index (κ2) is 5.99. The van der Waals surface area contributed by atoms with Crippen molar-refractivity contribution in [2.45, 2.75) is 19.4 Å². The smallest absolute Gasteiger partial charge is 0.335 e. The molecule has 0 fully saturated rings. The Labute approximate surface area is 119 Å². The number of rotatable bonds is 5. The number of carbonyl (C=O) groups is 1. The molecule has 1 atom stereocenters. The normalized spacial score (nSPS) is 12.1. The van der Waals surface area contributed by atoms with Crippen LogP contribution in [0, 0.1) is 0 Å². The summed E-state index contributed by atoms with van der Waals surface area (Å²) in [6.45, 7) is 2.02. The maximum absolute atomic E-state index is 11.0. The minimum absolute atomic E-state index is 0.00684. The number of nitrogens with zero attached hydrogens (tertiary/aromatic N) is 2. The van der Waals surface area contributed by atoms with Crippen LogP contribution in [0.4, 0.5) is 5.82 Å². The molecule has 5 nitrogen and oxygen atoms in total. The van der Waals surface area contributed by atoms with Gasteiger partial charge in [0.25, 0.3) is 0 Å². The SMILES string of the molecule is CCC(Nc1cc(C(=O)O)cc(Cl)n1)c1nccs1. The van der Waals surface area contributed by atoms with Gasteiger partial charge in [-0.2, -0.15) is 0 Å². The van der Waals surface area contributed by atoms with Gasteiger partial charge < -0.3 is 10.4 Å². The molecule has 0 saturated heterocycles. The summed E-state index contributed by atoms with van der Waals surface area (Å²) < 4.78 is 0. The molecule has 7 heteroatoms. The Morgan fingerprint density at radius 2 is 2.37 bits per heavy atom. The van der Waals surface area contributed by atoms with Gasteiger partial charge in [-0.3, -0.25) is 0 Å². The number of hydrogen-bond acceptors (Lipinski definition) is 5. The fourth-order valence-corrected chi connectivity index (χ4v) is 2.60. The molecule has 2 rings (SSSR count). The highest BCUT2D eigenvalue weighted by atomic mass is 35.5. The van der Waals surface area contributed by atoms with Gasteiger partial charge in [0, 0.05) is 11.6 Å². The molecule has 2 heterocycles. The second-order valence-electron chi connectivity index (χ2n) is 3.84. The van der Waals surface area contributed by atoms with Crippen LogP contribution >= 0.6 is 22.9 Å². The van der Waals surface area contributed by atoms with E-state index >= 15 is 0 Å². The van der Waals surface area contributed by atoms with Crippen LogP contribution in [0.25, 0.3) is 0 Å². The molecule has 2 N–H and O–H groups in total. The molecule has 0 aromatic carbocycles. The highest BCUT2D eigenvalue weighted by molar-refractivity contribution is 7.09. The van der Waals surface area contributed by atoms with E-state index in [1.807, 2.05) is 12.3 Å². The second-order valence-corrected chi connectivity index (χ2v) is 5.16. The fraction of sp³-hybridized carbons (Fsp3) is 0.250. The lowest BCUT2D eigenvalue weighted by Crippen LogP contribution is -2.11. The van der Waals surface area contributed by atoms with Crippen LogP contribution in [0.5, 0.6) is 0 Å². The van der Waals surface area contributed by atoms with E-state index in [0.717, 1.165) is 11.4 Å². The number of pyridine rings is 1. The number of thiazole rings is 1. The molecule has 100 valence electrons. The van der Waals surface area contributed by atoms with E-state index < -0.39 is 5.97 Å². The van der Waals surface area contributed by atoms with Crippen LogP contribution in [0.15, 0.2) is 23.7 Å². The fourth-order valence-electron chi connectivity index (χ4n) is 1.62. The van der Waals surface area contributed by atoms with E-state index in [4.69, 9.17) is 16.7 Å². The minimum atomic E-state index is -1.03. The van der Waals surface area contributed by atoms with Gasteiger partial charge in [0.05, 0.1) is 11.6 Å². The standard InChI is InChI=1S/C12H12ClN3O2S/c1-2-8(11-14-3-4-19-11)15-10-6-7(12(17)18)5-9(13)16-10/h3-6,8H,2H2,1H3,(H,15,16)(H,17,18). The lowest BCUT2D eigenvalue weighted by atomic mass is 10.2. The Kier molecular flexibility index (Phi) is 4.34. The van der Waals surface area contributed by atoms with Gasteiger partial charge in [-0.05, 0) is 18.6 Å². The monoisotopic (exact) mass is 297 g/mol. The zero-order chi connectivity index (χ0) is 13.8. The van der Waals surface area contributed by atoms with Crippen LogP contribution in [0.2, 0.25) is 5.15 Å². The maximum Gasteiger partial charge on any atom is 0.335 e. The molecule has 0 aliphatic heterocycles. The first-order valence-corrected chi connectivity index (χ1v) is 6.92. The zero-order valence-corrected chi connectivity index (χ0v) is 11.7. The summed E-state index contributed by atoms with van der Waals surface area (Å²) in [5.74, 6) is -0.596. The van der Waals surface area contributed by atoms with Gasteiger partial charge in [0.2, 0.25) is 0 Å². The number of carboxylic acids is 1. The molecule has 0 saturated carbocycles. The highest BCUT2D eigenvalue weighted by Gasteiger charge is 2.14. The Hall–Kier alpha value is -1.66. The number of aromatic carboxylic acids is 1. The molecule has 0 aliphatic carbocycles. The average molecular weight is 298 g/mol. The lowest BCUT2D eigenvalue weighted by molar-refractivity contribution is 0.0697. The Morgan fingerprint density at radius 3 is 2.95 bits per heavy atom. The molecule has 0 radical (unpaired) electrons. The summed E-state index contributed by atoms with van der Waals surface area (Å²) in [6.07, 6.45) is 2.54. The Balaban J connectivity index is 2.24. The molecular formula is C12H12ClN3O2S. The summed E-state index contributed by atoms with van der Waals surface area (Å²) in [5, 5.41) is 15.1. The maximum atomic E-state index is 11.0. The van der Waals surface area contributed by atoms with Gasteiger partial charge in [-0.15, -0.1) is 11.3 Å². The van der Waals surface area contributed by atoms with Crippen molar-refractivity contribution in [3.63, 3.8) is 0 Å². The molecular weight excluding hydrogens is 286 g/mol. The van der Waals surface area contributed by atoms with E-state index in [0.29, 0.717) is 5.82 Å². The Bertz CT molecular complexity index is 574. The summed E-state index contributed by atoms with van der Waals surface area (Å²) in [7, 11) is 0. The van der Waals surface area contributed by atoms with Gasteiger partial charge in [0.15, 0.2) is 0 Å². The summed E-state index contributed by atoms with van der Waals surface area (Å²) in [4.78, 5) is 19.3. The molecule has 2 aromatic heterocycles. The minimum Gasteiger partial charge on any atom is -0.478 e. The summed E-state index contributed by atoms with van der Waals surface area (Å²) in [5.41, 5.74) is 0.108. The van der Waals surface area contributed by atoms with Crippen molar-refractivity contribution in [3.05, 3.63) is 39.4 Å². The average Bonchev–Trinajstić information content (AvgIpc) is 2.89. The van der Waals surface area contributed by atoms with E-state index in [1.165, 1.54) is 23.5 Å². The first-order chi connectivity index (χ1) is 9.10. The van der Waals surface area contributed by atoms with Gasteiger partial charge in [-0.25, -0.2) is 14.8 Å². The van der Waals surface area contributed by atoms with Crippen LogP contribution in [0.1, 0.15) is 34.8 Å². The first kappa shape index (κ1) is 13.8. The summed E-state index contributed by atoms with van der Waals surface area (Å²) in [6, 6.07) is 2.77. The predicted molar refractivity (Wildman–Crippen MR) is 75.0 cm³/mol. The van der Waals surface area contributed by atoms with Gasteiger partial charge >= 0.3 is 5.97 Å². The van der Waals surface area contributed by atoms with Crippen LogP contribution in [-0.4, -0.2) is 21.0 Å². The topological polar surface area (TPSA) is 75.1 Å². The van der Waals surface area contributed by atoms with Crippen molar-refractivity contribution >= 4 is 34.7 Å². The molecule has 0 bridgehead atoms. The predicted octanol–water partition coefficient (Wildman–Crippen LogP) is 3.45. The molecule has 0 aliphatic rings. The van der Waals surface area contributed by atoms with Crippen LogP contribution < -0.4 is 5.32 Å². The Morgan fingerprint density at radius 1 is 1.58 bits per heavy atom. The molecule has 19 heavy (non-hydrogen) atoms. The number of aromatic nitrogens is 2. The van der Waals surface area contributed by atoms with Crippen molar-refractivity contribution in [3.8, 4) is 0 Å². The number of halogens is 1. The van der Waals surface area contributed by atoms with Crippen molar-refractivity contribution in [2.75, 3.05) is 5.32 Å². The van der Waals surface area contributed by atoms with Crippen molar-refractivity contribution in [1.82, 2.24) is 9.97 Å². The lowest BCUT2D eigenvalue weighted by Gasteiger charge is -2.15. The molecule has 1 unspecified atom stereocenters. The number of hydrogen-bond donors (Lipinski definition) is 2. The largest absolute Gasteiger partial charge is 0.478 e. The van der Waals surface area contributed by atoms with E-state index in [2.05, 4.69) is 15.3 Å². The number of nitrogens with one attached hydrogen (secondary N) is 1. The molecule has 0 spiro atoms. The number of anilines is 1. The van der Waals surface area contributed by atoms with Gasteiger partial charge in [0.1, 0.15) is 16.0 Å². The number of carboxylic acid groups (broad SMARTS) is 1. The van der Waals surface area contributed by atoms with Crippen molar-refractivity contribution in [2.24, 2.45) is 0 Å². The van der Waals surface area contributed by atoms with Gasteiger partial charge in [-0.1, -0.05) is 18.5 Å². The van der Waals surface area contributed by atoms with Crippen molar-refractivity contribution < 1.29 is 9.90 Å². The highest BCUT2D eigenvalue weighted by Crippen LogP contribution is 2.24. The molecule has 2 aromatic rings. The zero-order valence-electron chi connectivity index (χ0n) is 10.1. The third-order valence-corrected chi connectivity index (χ3v) is 3.60. The third-order valence-electron chi connectivity index (χ3n) is 2.52. The van der Waals surface area contributed by atoms with E-state index in [9.17, 15) is 4.79 Å². The van der Waals surface area contributed by atoms with Crippen molar-refractivity contribution in [1.29, 1.82) is 0 Å². The quantitative estimate of drug-likeness (QED) is 0.827.